The van der Waals surface area contributed by atoms with Gasteiger partial charge in [-0.25, -0.2) is 4.79 Å². The lowest BCUT2D eigenvalue weighted by atomic mass is 10.0. The summed E-state index contributed by atoms with van der Waals surface area (Å²) in [5, 5.41) is 2.70. The molecule has 1 N–H and O–H groups in total. The highest BCUT2D eigenvalue weighted by molar-refractivity contribution is 5.92. The molecule has 0 bridgehead atoms. The zero-order valence-electron chi connectivity index (χ0n) is 16.1. The van der Waals surface area contributed by atoms with Crippen molar-refractivity contribution < 1.29 is 9.53 Å². The van der Waals surface area contributed by atoms with Crippen molar-refractivity contribution >= 4 is 11.7 Å². The van der Waals surface area contributed by atoms with Gasteiger partial charge in [0.15, 0.2) is 0 Å². The van der Waals surface area contributed by atoms with Gasteiger partial charge in [0.2, 0.25) is 0 Å². The second-order valence-corrected chi connectivity index (χ2v) is 6.98. The van der Waals surface area contributed by atoms with Crippen molar-refractivity contribution in [2.24, 2.45) is 0 Å². The third-order valence-corrected chi connectivity index (χ3v) is 5.10. The summed E-state index contributed by atoms with van der Waals surface area (Å²) in [7, 11) is 3.45. The number of carbonyl (C=O) groups excluding carboxylic acids is 1. The number of nitrogens with one attached hydrogen (secondary N) is 1. The van der Waals surface area contributed by atoms with Gasteiger partial charge in [-0.3, -0.25) is 4.90 Å². The van der Waals surface area contributed by atoms with Crippen LogP contribution in [0.3, 0.4) is 0 Å². The Labute approximate surface area is 156 Å². The van der Waals surface area contributed by atoms with E-state index in [1.54, 1.807) is 19.0 Å². The lowest BCUT2D eigenvalue weighted by Crippen LogP contribution is -2.35. The third-order valence-electron chi connectivity index (χ3n) is 5.10. The van der Waals surface area contributed by atoms with E-state index in [1.807, 2.05) is 12.1 Å². The number of carbonyl (C=O) groups is 1. The molecule has 0 heterocycles. The minimum Gasteiger partial charge on any atom is -0.489 e. The first kappa shape index (κ1) is 18.3. The van der Waals surface area contributed by atoms with Crippen LogP contribution in [0.2, 0.25) is 0 Å². The predicted molar refractivity (Wildman–Crippen MR) is 106 cm³/mol. The monoisotopic (exact) mass is 352 g/mol. The summed E-state index contributed by atoms with van der Waals surface area (Å²) in [5.74, 6) is 1.50. The molecule has 3 rings (SSSR count). The van der Waals surface area contributed by atoms with E-state index in [2.05, 4.69) is 43.4 Å². The van der Waals surface area contributed by atoms with Crippen LogP contribution in [0, 0.1) is 6.92 Å². The molecule has 1 aliphatic rings. The van der Waals surface area contributed by atoms with E-state index in [-0.39, 0.29) is 6.03 Å². The largest absolute Gasteiger partial charge is 0.489 e. The Morgan fingerprint density at radius 3 is 2.65 bits per heavy atom. The number of aryl methyl sites for hydroxylation is 2. The van der Waals surface area contributed by atoms with Crippen molar-refractivity contribution in [2.45, 2.75) is 45.6 Å². The lowest BCUT2D eigenvalue weighted by Gasteiger charge is -2.23. The Morgan fingerprint density at radius 1 is 1.27 bits per heavy atom. The van der Waals surface area contributed by atoms with E-state index >= 15 is 0 Å². The summed E-state index contributed by atoms with van der Waals surface area (Å²) in [5.41, 5.74) is 5.79. The fourth-order valence-corrected chi connectivity index (χ4v) is 3.36. The van der Waals surface area contributed by atoms with Crippen LogP contribution in [0.5, 0.6) is 5.75 Å². The molecule has 0 atom stereocenters. The molecule has 0 spiro atoms. The Balaban J connectivity index is 1.89. The predicted octanol–water partition coefficient (Wildman–Crippen LogP) is 4.79. The molecule has 0 radical (unpaired) electrons. The maximum atomic E-state index is 12.1. The number of hydrogen-bond donors (Lipinski definition) is 1. The standard InChI is InChI=1S/C22H28N2O2/c1-5-16-9-12-21(15(2)13-16)26-14-19-18(17-10-11-17)7-6-8-20(19)24(4)22(25)23-3/h6-9,12-13,17H,5,10-11,14H2,1-4H3,(H,23,25). The van der Waals surface area contributed by atoms with Crippen LogP contribution >= 0.6 is 0 Å². The molecule has 2 aromatic rings. The molecule has 0 saturated heterocycles. The molecule has 26 heavy (non-hydrogen) atoms. The van der Waals surface area contributed by atoms with Crippen molar-refractivity contribution in [3.05, 3.63) is 58.7 Å². The average molecular weight is 352 g/mol. The van der Waals surface area contributed by atoms with Crippen LogP contribution in [-0.2, 0) is 13.0 Å². The summed E-state index contributed by atoms with van der Waals surface area (Å²) in [4.78, 5) is 13.8. The number of amides is 2. The zero-order valence-corrected chi connectivity index (χ0v) is 16.1. The van der Waals surface area contributed by atoms with Crippen LogP contribution in [0.25, 0.3) is 0 Å². The molecule has 0 unspecified atom stereocenters. The Kier molecular flexibility index (Phi) is 5.50. The minimum absolute atomic E-state index is 0.123. The number of anilines is 1. The minimum atomic E-state index is -0.123. The van der Waals surface area contributed by atoms with E-state index < -0.39 is 0 Å². The molecule has 2 aromatic carbocycles. The second kappa shape index (κ2) is 7.81. The Hall–Kier alpha value is -2.49. The highest BCUT2D eigenvalue weighted by Crippen LogP contribution is 2.44. The smallest absolute Gasteiger partial charge is 0.321 e. The third kappa shape index (κ3) is 3.85. The van der Waals surface area contributed by atoms with Crippen LogP contribution in [0.4, 0.5) is 10.5 Å². The number of rotatable bonds is 6. The van der Waals surface area contributed by atoms with Gasteiger partial charge in [0.1, 0.15) is 12.4 Å². The first-order chi connectivity index (χ1) is 12.5. The van der Waals surface area contributed by atoms with E-state index in [9.17, 15) is 4.79 Å². The van der Waals surface area contributed by atoms with Gasteiger partial charge < -0.3 is 10.1 Å². The maximum absolute atomic E-state index is 12.1. The van der Waals surface area contributed by atoms with Crippen LogP contribution in [0.15, 0.2) is 36.4 Å². The quantitative estimate of drug-likeness (QED) is 0.812. The van der Waals surface area contributed by atoms with Gasteiger partial charge in [-0.15, -0.1) is 0 Å². The van der Waals surface area contributed by atoms with Gasteiger partial charge in [0.05, 0.1) is 5.69 Å². The van der Waals surface area contributed by atoms with Gasteiger partial charge in [-0.05, 0) is 60.9 Å². The molecule has 4 nitrogen and oxygen atoms in total. The van der Waals surface area contributed by atoms with E-state index in [0.29, 0.717) is 12.5 Å². The normalized spacial score (nSPS) is 13.4. The van der Waals surface area contributed by atoms with Gasteiger partial charge >= 0.3 is 6.03 Å². The number of hydrogen-bond acceptors (Lipinski definition) is 2. The van der Waals surface area contributed by atoms with E-state index in [1.165, 1.54) is 24.0 Å². The van der Waals surface area contributed by atoms with Gasteiger partial charge in [-0.2, -0.15) is 0 Å². The van der Waals surface area contributed by atoms with E-state index in [4.69, 9.17) is 4.74 Å². The number of benzene rings is 2. The summed E-state index contributed by atoms with van der Waals surface area (Å²) in [6.07, 6.45) is 3.45. The summed E-state index contributed by atoms with van der Waals surface area (Å²) >= 11 is 0. The SMILES string of the molecule is CCc1ccc(OCc2c(C3CC3)cccc2N(C)C(=O)NC)c(C)c1. The number of urea groups is 1. The Bertz CT molecular complexity index is 797. The van der Waals surface area contributed by atoms with E-state index in [0.717, 1.165) is 29.0 Å². The fourth-order valence-electron chi connectivity index (χ4n) is 3.36. The molecule has 2 amide bonds. The maximum Gasteiger partial charge on any atom is 0.321 e. The fraction of sp³-hybridized carbons (Fsp3) is 0.409. The topological polar surface area (TPSA) is 41.6 Å². The van der Waals surface area contributed by atoms with Crippen molar-refractivity contribution in [3.63, 3.8) is 0 Å². The molecular formula is C22H28N2O2. The van der Waals surface area contributed by atoms with Gasteiger partial charge in [0.25, 0.3) is 0 Å². The molecule has 0 aliphatic heterocycles. The van der Waals surface area contributed by atoms with Gasteiger partial charge in [-0.1, -0.05) is 31.2 Å². The van der Waals surface area contributed by atoms with Crippen molar-refractivity contribution in [1.29, 1.82) is 0 Å². The molecule has 1 aliphatic carbocycles. The summed E-state index contributed by atoms with van der Waals surface area (Å²) in [6, 6.07) is 12.4. The highest BCUT2D eigenvalue weighted by Gasteiger charge is 2.28. The lowest BCUT2D eigenvalue weighted by molar-refractivity contribution is 0.249. The highest BCUT2D eigenvalue weighted by atomic mass is 16.5. The second-order valence-electron chi connectivity index (χ2n) is 6.98. The first-order valence-corrected chi connectivity index (χ1v) is 9.34. The molecule has 138 valence electrons. The Morgan fingerprint density at radius 2 is 2.04 bits per heavy atom. The average Bonchev–Trinajstić information content (AvgIpc) is 3.50. The van der Waals surface area contributed by atoms with Crippen molar-refractivity contribution in [3.8, 4) is 5.75 Å². The molecular weight excluding hydrogens is 324 g/mol. The number of ether oxygens (including phenoxy) is 1. The first-order valence-electron chi connectivity index (χ1n) is 9.34. The molecule has 1 fully saturated rings. The molecule has 1 saturated carbocycles. The number of nitrogens with zero attached hydrogens (tertiary/aromatic N) is 1. The molecule has 0 aromatic heterocycles. The van der Waals surface area contributed by atoms with Gasteiger partial charge in [0, 0.05) is 19.7 Å². The van der Waals surface area contributed by atoms with Crippen LogP contribution in [0.1, 0.15) is 47.9 Å². The van der Waals surface area contributed by atoms with Crippen molar-refractivity contribution in [2.75, 3.05) is 19.0 Å². The van der Waals surface area contributed by atoms with Crippen LogP contribution < -0.4 is 15.0 Å². The summed E-state index contributed by atoms with van der Waals surface area (Å²) < 4.78 is 6.19. The molecule has 4 heteroatoms. The van der Waals surface area contributed by atoms with Crippen molar-refractivity contribution in [1.82, 2.24) is 5.32 Å². The van der Waals surface area contributed by atoms with Crippen LogP contribution in [-0.4, -0.2) is 20.1 Å². The zero-order chi connectivity index (χ0) is 18.7. The summed E-state index contributed by atoms with van der Waals surface area (Å²) in [6.45, 7) is 4.70.